The van der Waals surface area contributed by atoms with Crippen LogP contribution in [0.15, 0.2) is 0 Å². The molecule has 6 heteroatoms. The summed E-state index contributed by atoms with van der Waals surface area (Å²) < 4.78 is 5.09. The van der Waals surface area contributed by atoms with Crippen LogP contribution >= 0.6 is 0 Å². The van der Waals surface area contributed by atoms with E-state index in [1.807, 2.05) is 0 Å². The molecule has 2 rings (SSSR count). The van der Waals surface area contributed by atoms with E-state index in [-0.39, 0.29) is 18.5 Å². The number of rotatable bonds is 2. The van der Waals surface area contributed by atoms with Gasteiger partial charge >= 0.3 is 5.97 Å². The number of piperidine rings is 1. The number of hydrogen-bond donors (Lipinski definition) is 2. The van der Waals surface area contributed by atoms with Gasteiger partial charge in [0.15, 0.2) is 6.10 Å². The molecule has 96 valence electrons. The molecular weight excluding hydrogens is 224 g/mol. The molecule has 2 N–H and O–H groups in total. The smallest absolute Gasteiger partial charge is 0.334 e. The van der Waals surface area contributed by atoms with Crippen molar-refractivity contribution in [3.8, 4) is 0 Å². The third-order valence-corrected chi connectivity index (χ3v) is 3.26. The minimum absolute atomic E-state index is 0.0132. The highest BCUT2D eigenvalue weighted by molar-refractivity contribution is 5.83. The summed E-state index contributed by atoms with van der Waals surface area (Å²) in [5.74, 6) is -0.988. The largest absolute Gasteiger partial charge is 0.479 e. The molecule has 2 fully saturated rings. The Morgan fingerprint density at radius 1 is 1.35 bits per heavy atom. The number of hydrogen-bond acceptors (Lipinski definition) is 4. The van der Waals surface area contributed by atoms with E-state index in [1.54, 1.807) is 4.90 Å². The van der Waals surface area contributed by atoms with Crippen LogP contribution < -0.4 is 5.32 Å². The molecule has 2 aliphatic heterocycles. The Morgan fingerprint density at radius 3 is 2.82 bits per heavy atom. The monoisotopic (exact) mass is 242 g/mol. The van der Waals surface area contributed by atoms with Gasteiger partial charge in [-0.15, -0.1) is 0 Å². The molecule has 2 aliphatic rings. The average Bonchev–Trinajstić information content (AvgIpc) is 2.39. The van der Waals surface area contributed by atoms with Crippen molar-refractivity contribution in [3.05, 3.63) is 0 Å². The van der Waals surface area contributed by atoms with Crippen LogP contribution in [-0.2, 0) is 14.3 Å². The molecule has 0 radical (unpaired) electrons. The number of nitrogens with zero attached hydrogens (tertiary/aromatic N) is 1. The minimum Gasteiger partial charge on any atom is -0.479 e. The Labute approximate surface area is 99.9 Å². The Balaban J connectivity index is 1.91. The number of carbonyl (C=O) groups excluding carboxylic acids is 1. The second kappa shape index (κ2) is 5.46. The van der Waals surface area contributed by atoms with E-state index in [1.165, 1.54) is 0 Å². The first-order chi connectivity index (χ1) is 8.18. The maximum atomic E-state index is 12.1. The van der Waals surface area contributed by atoms with Gasteiger partial charge in [0.25, 0.3) is 0 Å². The molecule has 0 saturated carbocycles. The molecule has 6 nitrogen and oxygen atoms in total. The van der Waals surface area contributed by atoms with Crippen molar-refractivity contribution in [2.24, 2.45) is 0 Å². The van der Waals surface area contributed by atoms with E-state index >= 15 is 0 Å². The van der Waals surface area contributed by atoms with E-state index in [2.05, 4.69) is 5.32 Å². The van der Waals surface area contributed by atoms with Crippen molar-refractivity contribution in [2.45, 2.75) is 31.4 Å². The fourth-order valence-electron chi connectivity index (χ4n) is 2.28. The summed E-state index contributed by atoms with van der Waals surface area (Å²) >= 11 is 0. The second-order valence-corrected chi connectivity index (χ2v) is 4.48. The average molecular weight is 242 g/mol. The predicted octanol–water partition coefficient (Wildman–Crippen LogP) is -0.559. The normalized spacial score (nSPS) is 30.0. The van der Waals surface area contributed by atoms with Gasteiger partial charge < -0.3 is 20.1 Å². The number of amides is 1. The summed E-state index contributed by atoms with van der Waals surface area (Å²) in [4.78, 5) is 24.6. The van der Waals surface area contributed by atoms with E-state index in [0.717, 1.165) is 25.8 Å². The van der Waals surface area contributed by atoms with Crippen molar-refractivity contribution >= 4 is 11.9 Å². The van der Waals surface area contributed by atoms with Crippen molar-refractivity contribution in [3.63, 3.8) is 0 Å². The summed E-state index contributed by atoms with van der Waals surface area (Å²) in [6.45, 7) is 1.81. The Hall–Kier alpha value is -1.14. The summed E-state index contributed by atoms with van der Waals surface area (Å²) in [6, 6.07) is -0.142. The minimum atomic E-state index is -1.00. The molecule has 0 aromatic carbocycles. The van der Waals surface area contributed by atoms with Crippen LogP contribution in [0.5, 0.6) is 0 Å². The molecule has 2 atom stereocenters. The number of carboxylic acids is 1. The van der Waals surface area contributed by atoms with E-state index < -0.39 is 12.1 Å². The van der Waals surface area contributed by atoms with Gasteiger partial charge in [-0.25, -0.2) is 4.79 Å². The van der Waals surface area contributed by atoms with Crippen molar-refractivity contribution in [1.29, 1.82) is 0 Å². The SMILES string of the molecule is O=C(O)C1CN(C(=O)[C@H]2CCCCN2)CCO1. The summed E-state index contributed by atoms with van der Waals surface area (Å²) in [5.41, 5.74) is 0. The van der Waals surface area contributed by atoms with Gasteiger partial charge in [-0.05, 0) is 19.4 Å². The van der Waals surface area contributed by atoms with Crippen LogP contribution in [0.25, 0.3) is 0 Å². The molecule has 0 aromatic heterocycles. The van der Waals surface area contributed by atoms with Crippen molar-refractivity contribution in [2.75, 3.05) is 26.2 Å². The number of carbonyl (C=O) groups is 2. The van der Waals surface area contributed by atoms with Gasteiger partial charge in [0.1, 0.15) is 0 Å². The summed E-state index contributed by atoms with van der Waals surface area (Å²) in [7, 11) is 0. The van der Waals surface area contributed by atoms with Crippen LogP contribution in [0.2, 0.25) is 0 Å². The second-order valence-electron chi connectivity index (χ2n) is 4.48. The van der Waals surface area contributed by atoms with Crippen molar-refractivity contribution < 1.29 is 19.4 Å². The van der Waals surface area contributed by atoms with Gasteiger partial charge in [0.2, 0.25) is 5.91 Å². The summed E-state index contributed by atoms with van der Waals surface area (Å²) in [5, 5.41) is 12.1. The van der Waals surface area contributed by atoms with Gasteiger partial charge in [-0.1, -0.05) is 6.42 Å². The number of morpholine rings is 1. The van der Waals surface area contributed by atoms with Gasteiger partial charge in [0, 0.05) is 6.54 Å². The molecule has 0 aliphatic carbocycles. The molecule has 0 spiro atoms. The highest BCUT2D eigenvalue weighted by Gasteiger charge is 2.32. The number of carboxylic acid groups (broad SMARTS) is 1. The zero-order valence-electron chi connectivity index (χ0n) is 9.72. The lowest BCUT2D eigenvalue weighted by Crippen LogP contribution is -2.55. The van der Waals surface area contributed by atoms with Gasteiger partial charge in [-0.2, -0.15) is 0 Å². The molecule has 17 heavy (non-hydrogen) atoms. The number of ether oxygens (including phenoxy) is 1. The molecular formula is C11H18N2O4. The molecule has 0 aromatic rings. The van der Waals surface area contributed by atoms with E-state index in [4.69, 9.17) is 9.84 Å². The lowest BCUT2D eigenvalue weighted by atomic mass is 10.0. The molecule has 2 saturated heterocycles. The number of aliphatic carboxylic acids is 1. The van der Waals surface area contributed by atoms with Crippen LogP contribution in [0.1, 0.15) is 19.3 Å². The fourth-order valence-corrected chi connectivity index (χ4v) is 2.28. The van der Waals surface area contributed by atoms with Crippen molar-refractivity contribution in [1.82, 2.24) is 10.2 Å². The maximum Gasteiger partial charge on any atom is 0.334 e. The van der Waals surface area contributed by atoms with Gasteiger partial charge in [-0.3, -0.25) is 4.79 Å². The molecule has 0 bridgehead atoms. The first kappa shape index (κ1) is 12.3. The lowest BCUT2D eigenvalue weighted by molar-refractivity contribution is -0.160. The van der Waals surface area contributed by atoms with E-state index in [0.29, 0.717) is 13.2 Å². The highest BCUT2D eigenvalue weighted by Crippen LogP contribution is 2.13. The zero-order valence-corrected chi connectivity index (χ0v) is 9.72. The third kappa shape index (κ3) is 2.95. The lowest BCUT2D eigenvalue weighted by Gasteiger charge is -2.34. The quantitative estimate of drug-likeness (QED) is 0.678. The first-order valence-corrected chi connectivity index (χ1v) is 6.05. The Morgan fingerprint density at radius 2 is 2.18 bits per heavy atom. The maximum absolute atomic E-state index is 12.1. The molecule has 1 unspecified atom stereocenters. The Bertz CT molecular complexity index is 302. The Kier molecular flexibility index (Phi) is 3.96. The van der Waals surface area contributed by atoms with Crippen LogP contribution in [0.3, 0.4) is 0 Å². The highest BCUT2D eigenvalue weighted by atomic mass is 16.5. The fraction of sp³-hybridized carbons (Fsp3) is 0.818. The number of nitrogens with one attached hydrogen (secondary N) is 1. The summed E-state index contributed by atoms with van der Waals surface area (Å²) in [6.07, 6.45) is 2.12. The zero-order chi connectivity index (χ0) is 12.3. The molecule has 1 amide bonds. The van der Waals surface area contributed by atoms with Crippen LogP contribution in [0.4, 0.5) is 0 Å². The standard InChI is InChI=1S/C11H18N2O4/c14-10(8-3-1-2-4-12-8)13-5-6-17-9(7-13)11(15)16/h8-9,12H,1-7H2,(H,15,16)/t8-,9?/m1/s1. The van der Waals surface area contributed by atoms with Crippen LogP contribution in [-0.4, -0.2) is 60.3 Å². The van der Waals surface area contributed by atoms with Gasteiger partial charge in [0.05, 0.1) is 19.2 Å². The third-order valence-electron chi connectivity index (χ3n) is 3.26. The van der Waals surface area contributed by atoms with Crippen LogP contribution in [0, 0.1) is 0 Å². The van der Waals surface area contributed by atoms with E-state index in [9.17, 15) is 9.59 Å². The topological polar surface area (TPSA) is 78.9 Å². The molecule has 2 heterocycles. The predicted molar refractivity (Wildman–Crippen MR) is 59.6 cm³/mol. The first-order valence-electron chi connectivity index (χ1n) is 6.05.